The van der Waals surface area contributed by atoms with E-state index in [1.54, 1.807) is 5.92 Å². The molecule has 3 heterocycles. The number of nitrogens with zero attached hydrogens (tertiary/aromatic N) is 2. The molecule has 1 fully saturated rings. The number of ether oxygens (including phenoxy) is 1. The van der Waals surface area contributed by atoms with Crippen LogP contribution in [0.3, 0.4) is 0 Å². The first-order valence-electron chi connectivity index (χ1n) is 9.18. The lowest BCUT2D eigenvalue weighted by Gasteiger charge is -2.25. The molecule has 0 bridgehead atoms. The van der Waals surface area contributed by atoms with Gasteiger partial charge in [-0.3, -0.25) is 18.9 Å². The van der Waals surface area contributed by atoms with Gasteiger partial charge in [0.25, 0.3) is 5.56 Å². The van der Waals surface area contributed by atoms with Crippen LogP contribution in [-0.4, -0.2) is 63.2 Å². The van der Waals surface area contributed by atoms with Gasteiger partial charge in [-0.2, -0.15) is 13.6 Å². The van der Waals surface area contributed by atoms with Gasteiger partial charge in [0.15, 0.2) is 17.7 Å². The number of hydrogen-bond acceptors (Lipinski definition) is 11. The fourth-order valence-electron chi connectivity index (χ4n) is 3.38. The number of halogens is 2. The van der Waals surface area contributed by atoms with Crippen LogP contribution in [-0.2, 0) is 31.6 Å². The standard InChI is InChI=1S/C14H17F2N4O13P3/c1-3-14(16)9(21)8(5(2)31-35(26,27)33-36(28,29)32-34(23,24)25)30-12(14)20-4-6(15)7-10(20)18-13(17)19-11(7)22/h1,4-5,8-9,12,21H,2H3,(H,26,27)(H,28,29)(H2,23,24,25)(H3,17,18,19,22)/t5-,8+,9-,12+,14?/m0/s1. The van der Waals surface area contributed by atoms with Crippen LogP contribution < -0.4 is 11.3 Å². The molecule has 17 nitrogen and oxygen atoms in total. The molecule has 0 amide bonds. The summed E-state index contributed by atoms with van der Waals surface area (Å²) < 4.78 is 82.0. The number of aromatic nitrogens is 3. The Hall–Kier alpha value is -2.03. The van der Waals surface area contributed by atoms with Crippen molar-refractivity contribution in [1.29, 1.82) is 0 Å². The number of aromatic amines is 1. The van der Waals surface area contributed by atoms with Crippen molar-refractivity contribution in [3.8, 4) is 12.3 Å². The van der Waals surface area contributed by atoms with E-state index in [4.69, 9.17) is 26.7 Å². The van der Waals surface area contributed by atoms with E-state index in [9.17, 15) is 37.8 Å². The third-order valence-corrected chi connectivity index (χ3v) is 8.62. The number of terminal acetylenes is 1. The number of hydrogen-bond donors (Lipinski definition) is 7. The van der Waals surface area contributed by atoms with Gasteiger partial charge in [-0.15, -0.1) is 6.42 Å². The number of phosphoric ester groups is 1. The van der Waals surface area contributed by atoms with Crippen LogP contribution >= 0.6 is 23.5 Å². The molecule has 3 unspecified atom stereocenters. The van der Waals surface area contributed by atoms with E-state index in [1.807, 2.05) is 4.98 Å². The highest BCUT2D eigenvalue weighted by molar-refractivity contribution is 7.66. The van der Waals surface area contributed by atoms with E-state index in [-0.39, 0.29) is 0 Å². The Morgan fingerprint density at radius 1 is 1.31 bits per heavy atom. The minimum absolute atomic E-state index is 0.492. The molecule has 0 aromatic carbocycles. The van der Waals surface area contributed by atoms with Crippen molar-refractivity contribution in [3.05, 3.63) is 22.4 Å². The highest BCUT2D eigenvalue weighted by Gasteiger charge is 2.60. The van der Waals surface area contributed by atoms with Crippen molar-refractivity contribution in [1.82, 2.24) is 14.5 Å². The number of rotatable bonds is 8. The predicted molar refractivity (Wildman–Crippen MR) is 112 cm³/mol. The van der Waals surface area contributed by atoms with Crippen molar-refractivity contribution < 1.29 is 65.0 Å². The molecule has 0 saturated carbocycles. The van der Waals surface area contributed by atoms with Crippen molar-refractivity contribution in [2.45, 2.75) is 37.1 Å². The fourth-order valence-corrected chi connectivity index (χ4v) is 6.58. The smallest absolute Gasteiger partial charge is 0.386 e. The maximum Gasteiger partial charge on any atom is 0.490 e. The molecule has 1 saturated heterocycles. The van der Waals surface area contributed by atoms with Gasteiger partial charge in [0.1, 0.15) is 17.6 Å². The third kappa shape index (κ3) is 5.60. The number of nitrogen functional groups attached to an aromatic ring is 1. The molecular formula is C14H17F2N4O13P3. The van der Waals surface area contributed by atoms with E-state index < -0.39 is 82.0 Å². The van der Waals surface area contributed by atoms with Crippen LogP contribution in [0.25, 0.3) is 11.0 Å². The molecule has 0 radical (unpaired) electrons. The summed E-state index contributed by atoms with van der Waals surface area (Å²) in [7, 11) is -17.2. The zero-order chi connectivity index (χ0) is 27.4. The average Bonchev–Trinajstić information content (AvgIpc) is 3.13. The Bertz CT molecular complexity index is 1440. The van der Waals surface area contributed by atoms with Crippen LogP contribution in [0.1, 0.15) is 13.2 Å². The highest BCUT2D eigenvalue weighted by Crippen LogP contribution is 2.66. The van der Waals surface area contributed by atoms with E-state index in [2.05, 4.69) is 18.1 Å². The van der Waals surface area contributed by atoms with E-state index >= 15 is 4.39 Å². The van der Waals surface area contributed by atoms with Gasteiger partial charge in [-0.25, -0.2) is 22.5 Å². The number of anilines is 1. The Balaban J connectivity index is 1.93. The van der Waals surface area contributed by atoms with E-state index in [0.29, 0.717) is 10.8 Å². The Morgan fingerprint density at radius 2 is 1.92 bits per heavy atom. The zero-order valence-electron chi connectivity index (χ0n) is 17.5. The van der Waals surface area contributed by atoms with Gasteiger partial charge in [-0.1, -0.05) is 5.92 Å². The first kappa shape index (κ1) is 28.5. The molecule has 2 aromatic heterocycles. The molecule has 36 heavy (non-hydrogen) atoms. The maximum atomic E-state index is 15.7. The Labute approximate surface area is 198 Å². The SMILES string of the molecule is C#CC1(F)[C@@H](O)[C@@H]([C@H](C)OP(=O)(O)OP(=O)(O)OP(=O)(O)O)O[C@H]1n1cc(F)c2c(=O)[nH]c(N)nc21. The number of aliphatic hydroxyl groups is 1. The summed E-state index contributed by atoms with van der Waals surface area (Å²) in [4.78, 5) is 53.8. The summed E-state index contributed by atoms with van der Waals surface area (Å²) in [5.41, 5.74) is 0.672. The fraction of sp³-hybridized carbons (Fsp3) is 0.429. The number of nitrogens with one attached hydrogen (secondary N) is 1. The lowest BCUT2D eigenvalue weighted by Crippen LogP contribution is -2.44. The minimum Gasteiger partial charge on any atom is -0.386 e. The number of alkyl halides is 1. The first-order chi connectivity index (χ1) is 16.3. The molecular weight excluding hydrogens is 563 g/mol. The van der Waals surface area contributed by atoms with Crippen LogP contribution in [0.5, 0.6) is 0 Å². The topological polar surface area (TPSA) is 266 Å². The Morgan fingerprint density at radius 3 is 2.47 bits per heavy atom. The van der Waals surface area contributed by atoms with Gasteiger partial charge in [0.2, 0.25) is 11.6 Å². The second-order valence-corrected chi connectivity index (χ2v) is 11.6. The van der Waals surface area contributed by atoms with Gasteiger partial charge < -0.3 is 35.2 Å². The number of fused-ring (bicyclic) bond motifs is 1. The lowest BCUT2D eigenvalue weighted by atomic mass is 9.95. The molecule has 2 aromatic rings. The highest BCUT2D eigenvalue weighted by atomic mass is 31.3. The van der Waals surface area contributed by atoms with Crippen LogP contribution in [0.4, 0.5) is 14.7 Å². The molecule has 200 valence electrons. The number of nitrogens with two attached hydrogens (primary N) is 1. The first-order valence-corrected chi connectivity index (χ1v) is 13.7. The van der Waals surface area contributed by atoms with Crippen LogP contribution in [0.2, 0.25) is 0 Å². The van der Waals surface area contributed by atoms with Crippen molar-refractivity contribution >= 4 is 40.4 Å². The maximum absolute atomic E-state index is 15.7. The molecule has 1 aliphatic heterocycles. The molecule has 7 atom stereocenters. The monoisotopic (exact) mass is 580 g/mol. The van der Waals surface area contributed by atoms with Crippen LogP contribution in [0.15, 0.2) is 11.0 Å². The normalized spacial score (nSPS) is 28.9. The summed E-state index contributed by atoms with van der Waals surface area (Å²) in [6, 6.07) is 0. The minimum atomic E-state index is -5.87. The molecule has 0 spiro atoms. The van der Waals surface area contributed by atoms with Gasteiger partial charge >= 0.3 is 23.5 Å². The van der Waals surface area contributed by atoms with Gasteiger partial charge in [0.05, 0.1) is 6.10 Å². The second-order valence-electron chi connectivity index (χ2n) is 7.25. The van der Waals surface area contributed by atoms with E-state index in [1.165, 1.54) is 0 Å². The van der Waals surface area contributed by atoms with Crippen LogP contribution in [0, 0.1) is 18.2 Å². The largest absolute Gasteiger partial charge is 0.490 e. The number of aliphatic hydroxyl groups excluding tert-OH is 1. The zero-order valence-corrected chi connectivity index (χ0v) is 20.2. The number of phosphoric acid groups is 3. The van der Waals surface area contributed by atoms with Crippen molar-refractivity contribution in [2.24, 2.45) is 0 Å². The third-order valence-electron chi connectivity index (χ3n) is 4.69. The second kappa shape index (κ2) is 9.37. The van der Waals surface area contributed by atoms with E-state index in [0.717, 1.165) is 6.92 Å². The van der Waals surface area contributed by atoms with Gasteiger partial charge in [0, 0.05) is 6.20 Å². The summed E-state index contributed by atoms with van der Waals surface area (Å²) in [5.74, 6) is -0.0719. The summed E-state index contributed by atoms with van der Waals surface area (Å²) in [6.45, 7) is 0.890. The molecule has 1 aliphatic rings. The molecule has 22 heteroatoms. The molecule has 0 aliphatic carbocycles. The van der Waals surface area contributed by atoms with Crippen molar-refractivity contribution in [3.63, 3.8) is 0 Å². The predicted octanol–water partition coefficient (Wildman–Crippen LogP) is -0.223. The summed E-state index contributed by atoms with van der Waals surface area (Å²) in [6.07, 6.45) is -2.55. The number of H-pyrrole nitrogens is 1. The summed E-state index contributed by atoms with van der Waals surface area (Å²) in [5, 5.41) is 9.83. The van der Waals surface area contributed by atoms with Crippen molar-refractivity contribution in [2.75, 3.05) is 5.73 Å². The lowest BCUT2D eigenvalue weighted by molar-refractivity contribution is -0.0753. The quantitative estimate of drug-likeness (QED) is 0.157. The summed E-state index contributed by atoms with van der Waals surface area (Å²) >= 11 is 0. The molecule has 3 rings (SSSR count). The Kier molecular flexibility index (Phi) is 7.43. The van der Waals surface area contributed by atoms with Gasteiger partial charge in [-0.05, 0) is 6.92 Å². The average molecular weight is 580 g/mol. The molecule has 8 N–H and O–H groups in total.